The van der Waals surface area contributed by atoms with E-state index >= 15 is 0 Å². The van der Waals surface area contributed by atoms with Crippen molar-refractivity contribution in [3.8, 4) is 0 Å². The van der Waals surface area contributed by atoms with Crippen molar-refractivity contribution in [1.82, 2.24) is 0 Å². The van der Waals surface area contributed by atoms with Gasteiger partial charge in [0.1, 0.15) is 0 Å². The molecule has 68 valence electrons. The maximum absolute atomic E-state index is 7.70. The molecule has 0 aromatic carbocycles. The third-order valence-electron chi connectivity index (χ3n) is 1.79. The van der Waals surface area contributed by atoms with Gasteiger partial charge in [0.15, 0.2) is 0 Å². The van der Waals surface area contributed by atoms with Crippen molar-refractivity contribution in [2.45, 2.75) is 34.1 Å². The fourth-order valence-electron chi connectivity index (χ4n) is 1.05. The van der Waals surface area contributed by atoms with Crippen molar-refractivity contribution >= 4 is 5.71 Å². The summed E-state index contributed by atoms with van der Waals surface area (Å²) in [5, 5.41) is 7.70. The van der Waals surface area contributed by atoms with Crippen LogP contribution >= 0.6 is 0 Å². The molecule has 0 rings (SSSR count). The van der Waals surface area contributed by atoms with E-state index < -0.39 is 0 Å². The van der Waals surface area contributed by atoms with Gasteiger partial charge < -0.3 is 5.41 Å². The van der Waals surface area contributed by atoms with Crippen LogP contribution in [0.25, 0.3) is 0 Å². The standard InChI is InChI=1S/C11H19N/c1-5-7-8-10(9(3)4)11(12)6-2/h5,7-9,12H,6H2,1-4H3/b7-5-,10-8-,12-11?. The summed E-state index contributed by atoms with van der Waals surface area (Å²) in [5.74, 6) is 0.452. The zero-order chi connectivity index (χ0) is 9.56. The second-order valence-corrected chi connectivity index (χ2v) is 3.13. The summed E-state index contributed by atoms with van der Waals surface area (Å²) >= 11 is 0. The van der Waals surface area contributed by atoms with E-state index in [0.717, 1.165) is 17.7 Å². The SMILES string of the molecule is C/C=C\C=C(/C(=N)CC)C(C)C. The molecule has 0 spiro atoms. The van der Waals surface area contributed by atoms with Gasteiger partial charge in [0.25, 0.3) is 0 Å². The molecule has 0 aliphatic rings. The molecule has 0 aliphatic carbocycles. The first kappa shape index (κ1) is 11.2. The highest BCUT2D eigenvalue weighted by atomic mass is 14.4. The Bertz CT molecular complexity index is 197. The van der Waals surface area contributed by atoms with Gasteiger partial charge in [-0.3, -0.25) is 0 Å². The van der Waals surface area contributed by atoms with Gasteiger partial charge in [0, 0.05) is 5.71 Å². The smallest absolute Gasteiger partial charge is 0.0345 e. The van der Waals surface area contributed by atoms with Crippen LogP contribution in [0.15, 0.2) is 23.8 Å². The minimum absolute atomic E-state index is 0.452. The van der Waals surface area contributed by atoms with Crippen LogP contribution in [0.4, 0.5) is 0 Å². The largest absolute Gasteiger partial charge is 0.305 e. The van der Waals surface area contributed by atoms with Crippen LogP contribution < -0.4 is 0 Å². The Morgan fingerprint density at radius 2 is 2.00 bits per heavy atom. The van der Waals surface area contributed by atoms with Crippen LogP contribution in [0.1, 0.15) is 34.1 Å². The molecule has 0 saturated heterocycles. The monoisotopic (exact) mass is 165 g/mol. The zero-order valence-corrected chi connectivity index (χ0v) is 8.52. The maximum atomic E-state index is 7.70. The summed E-state index contributed by atoms with van der Waals surface area (Å²) in [6.45, 7) is 8.26. The summed E-state index contributed by atoms with van der Waals surface area (Å²) in [6, 6.07) is 0. The van der Waals surface area contributed by atoms with Gasteiger partial charge in [0.2, 0.25) is 0 Å². The molecule has 0 unspecified atom stereocenters. The molecule has 0 amide bonds. The Kier molecular flexibility index (Phi) is 5.35. The van der Waals surface area contributed by atoms with E-state index in [-0.39, 0.29) is 0 Å². The Morgan fingerprint density at radius 1 is 1.42 bits per heavy atom. The van der Waals surface area contributed by atoms with Gasteiger partial charge in [-0.25, -0.2) is 0 Å². The van der Waals surface area contributed by atoms with Crippen molar-refractivity contribution < 1.29 is 0 Å². The summed E-state index contributed by atoms with van der Waals surface area (Å²) in [7, 11) is 0. The van der Waals surface area contributed by atoms with Crippen LogP contribution in [-0.2, 0) is 0 Å². The highest BCUT2D eigenvalue weighted by Gasteiger charge is 2.05. The molecule has 0 heterocycles. The van der Waals surface area contributed by atoms with Crippen LogP contribution in [0, 0.1) is 11.3 Å². The molecular formula is C11H19N. The van der Waals surface area contributed by atoms with Gasteiger partial charge in [-0.05, 0) is 24.8 Å². The topological polar surface area (TPSA) is 23.9 Å². The summed E-state index contributed by atoms with van der Waals surface area (Å²) < 4.78 is 0. The lowest BCUT2D eigenvalue weighted by Gasteiger charge is -2.10. The molecule has 0 atom stereocenters. The van der Waals surface area contributed by atoms with Crippen molar-refractivity contribution in [3.63, 3.8) is 0 Å². The average molecular weight is 165 g/mol. The molecule has 1 N–H and O–H groups in total. The second-order valence-electron chi connectivity index (χ2n) is 3.13. The fraction of sp³-hybridized carbons (Fsp3) is 0.545. The molecule has 0 radical (unpaired) electrons. The number of nitrogens with one attached hydrogen (secondary N) is 1. The highest BCUT2D eigenvalue weighted by Crippen LogP contribution is 2.12. The maximum Gasteiger partial charge on any atom is 0.0345 e. The number of hydrogen-bond donors (Lipinski definition) is 1. The van der Waals surface area contributed by atoms with Gasteiger partial charge >= 0.3 is 0 Å². The molecule has 0 bridgehead atoms. The molecule has 0 aromatic heterocycles. The minimum Gasteiger partial charge on any atom is -0.305 e. The Labute approximate surface area is 75.7 Å². The Hall–Kier alpha value is -0.850. The lowest BCUT2D eigenvalue weighted by Crippen LogP contribution is -2.05. The van der Waals surface area contributed by atoms with Crippen molar-refractivity contribution in [1.29, 1.82) is 5.41 Å². The quantitative estimate of drug-likeness (QED) is 0.486. The first-order chi connectivity index (χ1) is 5.63. The average Bonchev–Trinajstić information content (AvgIpc) is 2.04. The van der Waals surface area contributed by atoms with Crippen LogP contribution in [-0.4, -0.2) is 5.71 Å². The minimum atomic E-state index is 0.452. The van der Waals surface area contributed by atoms with Gasteiger partial charge in [-0.2, -0.15) is 0 Å². The molecular weight excluding hydrogens is 146 g/mol. The lowest BCUT2D eigenvalue weighted by atomic mass is 9.96. The van der Waals surface area contributed by atoms with E-state index in [4.69, 9.17) is 5.41 Å². The van der Waals surface area contributed by atoms with E-state index in [1.54, 1.807) is 0 Å². The van der Waals surface area contributed by atoms with Gasteiger partial charge in [-0.1, -0.05) is 39.0 Å². The van der Waals surface area contributed by atoms with Crippen molar-refractivity contribution in [2.75, 3.05) is 0 Å². The highest BCUT2D eigenvalue weighted by molar-refractivity contribution is 5.98. The van der Waals surface area contributed by atoms with E-state index in [9.17, 15) is 0 Å². The molecule has 1 heteroatoms. The van der Waals surface area contributed by atoms with Gasteiger partial charge in [0.05, 0.1) is 0 Å². The lowest BCUT2D eigenvalue weighted by molar-refractivity contribution is 0.796. The summed E-state index contributed by atoms with van der Waals surface area (Å²) in [5.41, 5.74) is 1.90. The predicted octanol–water partition coefficient (Wildman–Crippen LogP) is 3.57. The summed E-state index contributed by atoms with van der Waals surface area (Å²) in [6.07, 6.45) is 6.85. The van der Waals surface area contributed by atoms with E-state index in [2.05, 4.69) is 13.8 Å². The van der Waals surface area contributed by atoms with E-state index in [1.807, 2.05) is 32.1 Å². The molecule has 0 fully saturated rings. The second kappa shape index (κ2) is 5.76. The predicted molar refractivity (Wildman–Crippen MR) is 55.8 cm³/mol. The third-order valence-corrected chi connectivity index (χ3v) is 1.79. The normalized spacial score (nSPS) is 12.9. The van der Waals surface area contributed by atoms with Crippen molar-refractivity contribution in [2.24, 2.45) is 5.92 Å². The Morgan fingerprint density at radius 3 is 2.33 bits per heavy atom. The molecule has 1 nitrogen and oxygen atoms in total. The zero-order valence-electron chi connectivity index (χ0n) is 8.52. The molecule has 12 heavy (non-hydrogen) atoms. The summed E-state index contributed by atoms with van der Waals surface area (Å²) in [4.78, 5) is 0. The van der Waals surface area contributed by atoms with Crippen molar-refractivity contribution in [3.05, 3.63) is 23.8 Å². The first-order valence-electron chi connectivity index (χ1n) is 4.54. The van der Waals surface area contributed by atoms with Crippen LogP contribution in [0.5, 0.6) is 0 Å². The number of rotatable bonds is 4. The van der Waals surface area contributed by atoms with Crippen LogP contribution in [0.2, 0.25) is 0 Å². The van der Waals surface area contributed by atoms with Gasteiger partial charge in [-0.15, -0.1) is 0 Å². The number of hydrogen-bond acceptors (Lipinski definition) is 1. The molecule has 0 saturated carbocycles. The fourth-order valence-corrected chi connectivity index (χ4v) is 1.05. The van der Waals surface area contributed by atoms with E-state index in [0.29, 0.717) is 5.92 Å². The van der Waals surface area contributed by atoms with E-state index in [1.165, 1.54) is 0 Å². The Balaban J connectivity index is 4.54. The number of allylic oxidation sites excluding steroid dienone is 4. The molecule has 0 aliphatic heterocycles. The van der Waals surface area contributed by atoms with Crippen LogP contribution in [0.3, 0.4) is 0 Å². The third kappa shape index (κ3) is 3.51. The first-order valence-corrected chi connectivity index (χ1v) is 4.54. The molecule has 0 aromatic rings.